The molecule has 1 fully saturated rings. The summed E-state index contributed by atoms with van der Waals surface area (Å²) in [6, 6.07) is 8.80. The van der Waals surface area contributed by atoms with Crippen LogP contribution >= 0.6 is 0 Å². The highest BCUT2D eigenvalue weighted by Crippen LogP contribution is 2.25. The van der Waals surface area contributed by atoms with Crippen molar-refractivity contribution in [2.45, 2.75) is 51.3 Å². The summed E-state index contributed by atoms with van der Waals surface area (Å²) in [7, 11) is 0. The smallest absolute Gasteiger partial charge is 0.219 e. The Labute approximate surface area is 205 Å². The van der Waals surface area contributed by atoms with Crippen molar-refractivity contribution in [2.75, 3.05) is 43.4 Å². The van der Waals surface area contributed by atoms with Gasteiger partial charge in [0.1, 0.15) is 17.4 Å². The Hall–Kier alpha value is -3.24. The van der Waals surface area contributed by atoms with Gasteiger partial charge in [-0.25, -0.2) is 9.97 Å². The number of fused-ring (bicyclic) bond motifs is 2. The number of aromatic nitrogens is 4. The quantitative estimate of drug-likeness (QED) is 0.388. The van der Waals surface area contributed by atoms with Crippen LogP contribution in [0.2, 0.25) is 0 Å². The van der Waals surface area contributed by atoms with E-state index in [9.17, 15) is 9.90 Å². The van der Waals surface area contributed by atoms with E-state index in [0.717, 1.165) is 62.3 Å². The minimum absolute atomic E-state index is 0.128. The van der Waals surface area contributed by atoms with Crippen LogP contribution in [-0.2, 0) is 17.8 Å². The molecule has 186 valence electrons. The largest absolute Gasteiger partial charge is 0.392 e. The number of hydrogen-bond acceptors (Lipinski definition) is 8. The SMILES string of the molecule is CC(=O)N1CCC(Nc2ncnc3c(NCC[C@H](O)CN4CCc5ccccc5C4)n[nH]c23)CC1. The molecule has 4 N–H and O–H groups in total. The summed E-state index contributed by atoms with van der Waals surface area (Å²) in [4.78, 5) is 24.6. The summed E-state index contributed by atoms with van der Waals surface area (Å²) in [6.07, 6.45) is 4.55. The van der Waals surface area contributed by atoms with Crippen molar-refractivity contribution in [2.24, 2.45) is 0 Å². The normalized spacial score (nSPS) is 17.8. The molecule has 0 spiro atoms. The molecular formula is C25H34N8O2. The lowest BCUT2D eigenvalue weighted by atomic mass is 9.99. The predicted octanol–water partition coefficient (Wildman–Crippen LogP) is 2.00. The fourth-order valence-corrected chi connectivity index (χ4v) is 5.06. The van der Waals surface area contributed by atoms with Crippen molar-refractivity contribution < 1.29 is 9.90 Å². The third kappa shape index (κ3) is 5.54. The van der Waals surface area contributed by atoms with Crippen molar-refractivity contribution in [3.8, 4) is 0 Å². The second-order valence-corrected chi connectivity index (χ2v) is 9.57. The third-order valence-electron chi connectivity index (χ3n) is 7.08. The number of carbonyl (C=O) groups excluding carboxylic acids is 1. The Morgan fingerprint density at radius 2 is 1.97 bits per heavy atom. The van der Waals surface area contributed by atoms with Crippen LogP contribution in [0.25, 0.3) is 11.0 Å². The zero-order chi connectivity index (χ0) is 24.2. The lowest BCUT2D eigenvalue weighted by Crippen LogP contribution is -2.41. The molecule has 2 aromatic heterocycles. The molecule has 10 nitrogen and oxygen atoms in total. The van der Waals surface area contributed by atoms with Gasteiger partial charge in [-0.05, 0) is 36.8 Å². The van der Waals surface area contributed by atoms with Crippen LogP contribution in [0.4, 0.5) is 11.6 Å². The minimum Gasteiger partial charge on any atom is -0.392 e. The zero-order valence-electron chi connectivity index (χ0n) is 20.2. The number of H-pyrrole nitrogens is 1. The number of carbonyl (C=O) groups is 1. The monoisotopic (exact) mass is 478 g/mol. The molecule has 4 heterocycles. The number of likely N-dealkylation sites (tertiary alicyclic amines) is 1. The molecule has 1 saturated heterocycles. The maximum Gasteiger partial charge on any atom is 0.219 e. The third-order valence-corrected chi connectivity index (χ3v) is 7.08. The van der Waals surface area contributed by atoms with Crippen LogP contribution in [0.1, 0.15) is 37.3 Å². The van der Waals surface area contributed by atoms with Gasteiger partial charge < -0.3 is 20.6 Å². The minimum atomic E-state index is -0.411. The lowest BCUT2D eigenvalue weighted by molar-refractivity contribution is -0.129. The molecule has 1 atom stereocenters. The van der Waals surface area contributed by atoms with E-state index in [-0.39, 0.29) is 11.9 Å². The number of piperidine rings is 1. The highest BCUT2D eigenvalue weighted by atomic mass is 16.3. The first-order chi connectivity index (χ1) is 17.1. The van der Waals surface area contributed by atoms with Gasteiger partial charge in [0.25, 0.3) is 0 Å². The number of aliphatic hydroxyl groups excluding tert-OH is 1. The van der Waals surface area contributed by atoms with Crippen molar-refractivity contribution in [3.05, 3.63) is 41.7 Å². The average Bonchev–Trinajstić information content (AvgIpc) is 3.28. The number of amides is 1. The Morgan fingerprint density at radius 3 is 2.77 bits per heavy atom. The molecule has 1 amide bonds. The highest BCUT2D eigenvalue weighted by Gasteiger charge is 2.22. The van der Waals surface area contributed by atoms with Crippen molar-refractivity contribution >= 4 is 28.6 Å². The van der Waals surface area contributed by atoms with E-state index in [4.69, 9.17) is 0 Å². The van der Waals surface area contributed by atoms with Crippen LogP contribution in [0.5, 0.6) is 0 Å². The molecule has 5 rings (SSSR count). The van der Waals surface area contributed by atoms with E-state index >= 15 is 0 Å². The van der Waals surface area contributed by atoms with Crippen LogP contribution < -0.4 is 10.6 Å². The van der Waals surface area contributed by atoms with Crippen LogP contribution in [0, 0.1) is 0 Å². The number of anilines is 2. The summed E-state index contributed by atoms with van der Waals surface area (Å²) in [5.41, 5.74) is 4.27. The van der Waals surface area contributed by atoms with E-state index in [1.807, 2.05) is 4.90 Å². The molecule has 0 radical (unpaired) electrons. The Bertz CT molecular complexity index is 1160. The number of aromatic amines is 1. The van der Waals surface area contributed by atoms with Crippen molar-refractivity contribution in [1.29, 1.82) is 0 Å². The highest BCUT2D eigenvalue weighted by molar-refractivity contribution is 5.92. The molecule has 0 saturated carbocycles. The molecular weight excluding hydrogens is 444 g/mol. The summed E-state index contributed by atoms with van der Waals surface area (Å²) >= 11 is 0. The fourth-order valence-electron chi connectivity index (χ4n) is 5.06. The van der Waals surface area contributed by atoms with Crippen molar-refractivity contribution in [3.63, 3.8) is 0 Å². The zero-order valence-corrected chi connectivity index (χ0v) is 20.2. The van der Waals surface area contributed by atoms with Gasteiger partial charge >= 0.3 is 0 Å². The Morgan fingerprint density at radius 1 is 1.17 bits per heavy atom. The molecule has 10 heteroatoms. The van der Waals surface area contributed by atoms with E-state index in [1.165, 1.54) is 11.1 Å². The van der Waals surface area contributed by atoms with Crippen LogP contribution in [0.3, 0.4) is 0 Å². The van der Waals surface area contributed by atoms with Crippen LogP contribution in [0.15, 0.2) is 30.6 Å². The molecule has 3 aromatic rings. The van der Waals surface area contributed by atoms with Gasteiger partial charge in [0, 0.05) is 52.2 Å². The van der Waals surface area contributed by atoms with Gasteiger partial charge in [0.05, 0.1) is 6.10 Å². The average molecular weight is 479 g/mol. The number of hydrogen-bond donors (Lipinski definition) is 4. The standard InChI is InChI=1S/C25H34N8O2/c1-17(34)33-12-8-20(9-13-33)29-24-23-22(27-16-28-24)25(31-30-23)26-10-6-21(35)15-32-11-7-18-4-2-3-5-19(18)14-32/h2-5,16,20-21,35H,6-15H2,1H3,(H2,26,30,31)(H,27,28,29)/t21-/m0/s1. The molecule has 0 aliphatic carbocycles. The predicted molar refractivity (Wildman–Crippen MR) is 135 cm³/mol. The second kappa shape index (κ2) is 10.6. The van der Waals surface area contributed by atoms with Gasteiger partial charge in [0.2, 0.25) is 5.91 Å². The molecule has 2 aliphatic rings. The summed E-state index contributed by atoms with van der Waals surface area (Å²) in [5.74, 6) is 1.52. The number of nitrogens with zero attached hydrogens (tertiary/aromatic N) is 5. The van der Waals surface area contributed by atoms with Crippen LogP contribution in [-0.4, -0.2) is 85.8 Å². The van der Waals surface area contributed by atoms with E-state index < -0.39 is 6.10 Å². The topological polar surface area (TPSA) is 122 Å². The molecule has 35 heavy (non-hydrogen) atoms. The summed E-state index contributed by atoms with van der Waals surface area (Å²) < 4.78 is 0. The lowest BCUT2D eigenvalue weighted by Gasteiger charge is -2.31. The molecule has 0 bridgehead atoms. The second-order valence-electron chi connectivity index (χ2n) is 9.57. The van der Waals surface area contributed by atoms with Gasteiger partial charge in [-0.3, -0.25) is 14.8 Å². The molecule has 0 unspecified atom stereocenters. The van der Waals surface area contributed by atoms with E-state index in [2.05, 4.69) is 60.0 Å². The maximum absolute atomic E-state index is 11.6. The Kier molecular flexibility index (Phi) is 7.10. The number of aliphatic hydroxyl groups is 1. The first-order valence-electron chi connectivity index (χ1n) is 12.5. The maximum atomic E-state index is 11.6. The first kappa shape index (κ1) is 23.5. The van der Waals surface area contributed by atoms with Gasteiger partial charge in [-0.15, -0.1) is 0 Å². The number of benzene rings is 1. The number of rotatable bonds is 8. The summed E-state index contributed by atoms with van der Waals surface area (Å²) in [6.45, 7) is 6.26. The number of nitrogens with one attached hydrogen (secondary N) is 3. The fraction of sp³-hybridized carbons (Fsp3) is 0.520. The van der Waals surface area contributed by atoms with Gasteiger partial charge in [0.15, 0.2) is 11.6 Å². The van der Waals surface area contributed by atoms with Gasteiger partial charge in [-0.1, -0.05) is 24.3 Å². The summed E-state index contributed by atoms with van der Waals surface area (Å²) in [5, 5.41) is 24.9. The van der Waals surface area contributed by atoms with E-state index in [0.29, 0.717) is 25.3 Å². The van der Waals surface area contributed by atoms with E-state index in [1.54, 1.807) is 13.3 Å². The number of β-amino-alcohol motifs (C(OH)–C–C–N with tert-alkyl or cyclic N) is 1. The first-order valence-corrected chi connectivity index (χ1v) is 12.5. The van der Waals surface area contributed by atoms with Gasteiger partial charge in [-0.2, -0.15) is 5.10 Å². The van der Waals surface area contributed by atoms with Crippen molar-refractivity contribution in [1.82, 2.24) is 30.0 Å². The molecule has 1 aromatic carbocycles. The Balaban J connectivity index is 1.12. The molecule has 2 aliphatic heterocycles.